The number of carbonyl (C=O) groups excluding carboxylic acids is 2. The molecule has 0 aromatic heterocycles. The standard InChI is InChI=1S/C5H7NO3/c1-9-5(8)2-3-6-4-7/h2-4H,1H3,(H,6,7)/b3-2+. The number of nitrogens with one attached hydrogen (secondary N) is 1. The van der Waals surface area contributed by atoms with Crippen LogP contribution in [0.25, 0.3) is 0 Å². The van der Waals surface area contributed by atoms with E-state index in [-0.39, 0.29) is 0 Å². The van der Waals surface area contributed by atoms with E-state index in [4.69, 9.17) is 0 Å². The van der Waals surface area contributed by atoms with E-state index in [9.17, 15) is 9.59 Å². The topological polar surface area (TPSA) is 55.4 Å². The maximum Gasteiger partial charge on any atom is 0.331 e. The molecule has 0 saturated carbocycles. The Bertz CT molecular complexity index is 130. The smallest absolute Gasteiger partial charge is 0.331 e. The minimum Gasteiger partial charge on any atom is -0.466 e. The van der Waals surface area contributed by atoms with Crippen LogP contribution in [0.15, 0.2) is 12.3 Å². The zero-order valence-corrected chi connectivity index (χ0v) is 4.96. The van der Waals surface area contributed by atoms with Gasteiger partial charge in [-0.2, -0.15) is 0 Å². The number of methoxy groups -OCH3 is 1. The summed E-state index contributed by atoms with van der Waals surface area (Å²) in [5.74, 6) is -0.496. The third kappa shape index (κ3) is 4.53. The van der Waals surface area contributed by atoms with Gasteiger partial charge < -0.3 is 10.1 Å². The zero-order chi connectivity index (χ0) is 7.11. The second-order valence-corrected chi connectivity index (χ2v) is 1.14. The molecular formula is C5H7NO3. The van der Waals surface area contributed by atoms with Gasteiger partial charge in [-0.3, -0.25) is 4.79 Å². The van der Waals surface area contributed by atoms with E-state index in [2.05, 4.69) is 10.1 Å². The maximum absolute atomic E-state index is 10.2. The minimum absolute atomic E-state index is 0.458. The molecule has 0 atom stereocenters. The van der Waals surface area contributed by atoms with E-state index in [0.717, 1.165) is 6.08 Å². The van der Waals surface area contributed by atoms with Gasteiger partial charge in [0.2, 0.25) is 6.41 Å². The monoisotopic (exact) mass is 129 g/mol. The Kier molecular flexibility index (Phi) is 4.12. The Morgan fingerprint density at radius 2 is 2.33 bits per heavy atom. The molecule has 4 nitrogen and oxygen atoms in total. The van der Waals surface area contributed by atoms with Crippen molar-refractivity contribution in [2.45, 2.75) is 0 Å². The van der Waals surface area contributed by atoms with E-state index in [1.165, 1.54) is 13.3 Å². The van der Waals surface area contributed by atoms with E-state index in [1.54, 1.807) is 0 Å². The predicted molar refractivity (Wildman–Crippen MR) is 30.4 cm³/mol. The number of rotatable bonds is 3. The van der Waals surface area contributed by atoms with E-state index >= 15 is 0 Å². The Hall–Kier alpha value is -1.32. The Morgan fingerprint density at radius 1 is 1.67 bits per heavy atom. The van der Waals surface area contributed by atoms with Gasteiger partial charge in [0.1, 0.15) is 0 Å². The van der Waals surface area contributed by atoms with Crippen LogP contribution in [-0.4, -0.2) is 19.5 Å². The summed E-state index contributed by atoms with van der Waals surface area (Å²) in [7, 11) is 1.26. The number of hydrogen-bond acceptors (Lipinski definition) is 3. The van der Waals surface area contributed by atoms with Crippen molar-refractivity contribution in [1.82, 2.24) is 5.32 Å². The van der Waals surface area contributed by atoms with Gasteiger partial charge in [-0.25, -0.2) is 4.79 Å². The van der Waals surface area contributed by atoms with Crippen LogP contribution in [0.3, 0.4) is 0 Å². The highest BCUT2D eigenvalue weighted by Gasteiger charge is 1.86. The van der Waals surface area contributed by atoms with Crippen molar-refractivity contribution in [2.24, 2.45) is 0 Å². The Morgan fingerprint density at radius 3 is 2.78 bits per heavy atom. The lowest BCUT2D eigenvalue weighted by molar-refractivity contribution is -0.134. The van der Waals surface area contributed by atoms with Gasteiger partial charge in [-0.1, -0.05) is 0 Å². The molecule has 1 amide bonds. The first-order valence-electron chi connectivity index (χ1n) is 2.25. The fraction of sp³-hybridized carbons (Fsp3) is 0.200. The van der Waals surface area contributed by atoms with E-state index in [0.29, 0.717) is 6.41 Å². The highest BCUT2D eigenvalue weighted by atomic mass is 16.5. The van der Waals surface area contributed by atoms with Crippen LogP contribution in [0.4, 0.5) is 0 Å². The average molecular weight is 129 g/mol. The van der Waals surface area contributed by atoms with Gasteiger partial charge in [0.25, 0.3) is 0 Å². The predicted octanol–water partition coefficient (Wildman–Crippen LogP) is -0.581. The van der Waals surface area contributed by atoms with Gasteiger partial charge in [-0.15, -0.1) is 0 Å². The number of amides is 1. The SMILES string of the molecule is COC(=O)/C=C/NC=O. The van der Waals surface area contributed by atoms with E-state index < -0.39 is 5.97 Å². The molecule has 0 aromatic rings. The van der Waals surface area contributed by atoms with Crippen molar-refractivity contribution in [3.05, 3.63) is 12.3 Å². The fourth-order valence-electron chi connectivity index (χ4n) is 0.223. The average Bonchev–Trinajstić information content (AvgIpc) is 1.89. The van der Waals surface area contributed by atoms with E-state index in [1.807, 2.05) is 0 Å². The lowest BCUT2D eigenvalue weighted by Gasteiger charge is -1.87. The molecule has 0 spiro atoms. The number of carbonyl (C=O) groups is 2. The molecule has 0 aliphatic carbocycles. The Balaban J connectivity index is 3.43. The van der Waals surface area contributed by atoms with Crippen molar-refractivity contribution in [3.63, 3.8) is 0 Å². The first kappa shape index (κ1) is 7.68. The summed E-state index contributed by atoms with van der Waals surface area (Å²) < 4.78 is 4.22. The third-order valence-corrected chi connectivity index (χ3v) is 0.585. The lowest BCUT2D eigenvalue weighted by atomic mass is 10.6. The molecule has 0 aliphatic heterocycles. The summed E-state index contributed by atoms with van der Waals surface area (Å²) in [4.78, 5) is 19.8. The van der Waals surface area contributed by atoms with Crippen LogP contribution >= 0.6 is 0 Å². The number of esters is 1. The molecule has 0 heterocycles. The Labute approximate surface area is 52.5 Å². The van der Waals surface area contributed by atoms with Gasteiger partial charge >= 0.3 is 5.97 Å². The highest BCUT2D eigenvalue weighted by molar-refractivity contribution is 5.81. The van der Waals surface area contributed by atoms with Gasteiger partial charge in [0.15, 0.2) is 0 Å². The molecule has 0 aromatic carbocycles. The fourth-order valence-corrected chi connectivity index (χ4v) is 0.223. The second kappa shape index (κ2) is 4.83. The first-order valence-corrected chi connectivity index (χ1v) is 2.25. The minimum atomic E-state index is -0.496. The van der Waals surface area contributed by atoms with Crippen molar-refractivity contribution < 1.29 is 14.3 Å². The van der Waals surface area contributed by atoms with Crippen molar-refractivity contribution >= 4 is 12.4 Å². The van der Waals surface area contributed by atoms with Crippen LogP contribution in [0.5, 0.6) is 0 Å². The number of hydrogen-bond donors (Lipinski definition) is 1. The van der Waals surface area contributed by atoms with Crippen LogP contribution in [0.2, 0.25) is 0 Å². The molecule has 50 valence electrons. The molecule has 4 heteroatoms. The lowest BCUT2D eigenvalue weighted by Crippen LogP contribution is -2.02. The van der Waals surface area contributed by atoms with Gasteiger partial charge in [-0.05, 0) is 0 Å². The summed E-state index contributed by atoms with van der Waals surface area (Å²) in [5.41, 5.74) is 0. The van der Waals surface area contributed by atoms with Crippen LogP contribution < -0.4 is 5.32 Å². The van der Waals surface area contributed by atoms with Gasteiger partial charge in [0.05, 0.1) is 7.11 Å². The highest BCUT2D eigenvalue weighted by Crippen LogP contribution is 1.72. The molecule has 0 radical (unpaired) electrons. The van der Waals surface area contributed by atoms with Crippen molar-refractivity contribution in [3.8, 4) is 0 Å². The van der Waals surface area contributed by atoms with Gasteiger partial charge in [0, 0.05) is 12.3 Å². The van der Waals surface area contributed by atoms with Crippen LogP contribution in [0, 0.1) is 0 Å². The summed E-state index contributed by atoms with van der Waals surface area (Å²) in [6.45, 7) is 0. The zero-order valence-electron chi connectivity index (χ0n) is 4.96. The van der Waals surface area contributed by atoms with Crippen molar-refractivity contribution in [1.29, 1.82) is 0 Å². The molecule has 0 saturated heterocycles. The maximum atomic E-state index is 10.2. The van der Waals surface area contributed by atoms with Crippen LogP contribution in [-0.2, 0) is 14.3 Å². The molecule has 1 N–H and O–H groups in total. The summed E-state index contributed by atoms with van der Waals surface area (Å²) in [6.07, 6.45) is 2.76. The molecule has 0 fully saturated rings. The quantitative estimate of drug-likeness (QED) is 0.315. The number of ether oxygens (including phenoxy) is 1. The third-order valence-electron chi connectivity index (χ3n) is 0.585. The molecule has 0 bridgehead atoms. The summed E-state index contributed by atoms with van der Waals surface area (Å²) in [6, 6.07) is 0. The molecule has 9 heavy (non-hydrogen) atoms. The normalized spacial score (nSPS) is 9.00. The molecule has 0 unspecified atom stereocenters. The van der Waals surface area contributed by atoms with Crippen molar-refractivity contribution in [2.75, 3.05) is 7.11 Å². The molecule has 0 rings (SSSR count). The largest absolute Gasteiger partial charge is 0.466 e. The molecular weight excluding hydrogens is 122 g/mol. The summed E-state index contributed by atoms with van der Waals surface area (Å²) in [5, 5.41) is 2.15. The van der Waals surface area contributed by atoms with Crippen LogP contribution in [0.1, 0.15) is 0 Å². The first-order chi connectivity index (χ1) is 4.31. The summed E-state index contributed by atoms with van der Waals surface area (Å²) >= 11 is 0. The second-order valence-electron chi connectivity index (χ2n) is 1.14. The molecule has 0 aliphatic rings.